The molecule has 0 unspecified atom stereocenters. The fraction of sp³-hybridized carbons (Fsp3) is 0.150. The van der Waals surface area contributed by atoms with E-state index < -0.39 is 15.9 Å². The summed E-state index contributed by atoms with van der Waals surface area (Å²) < 4.78 is 32.6. The molecule has 0 aliphatic heterocycles. The van der Waals surface area contributed by atoms with Gasteiger partial charge in [-0.1, -0.05) is 17.7 Å². The highest BCUT2D eigenvalue weighted by Gasteiger charge is 2.23. The number of rotatable bonds is 6. The van der Waals surface area contributed by atoms with Gasteiger partial charge in [0.1, 0.15) is 11.5 Å². The van der Waals surface area contributed by atoms with E-state index in [4.69, 9.17) is 21.8 Å². The molecule has 0 saturated carbocycles. The molecule has 6 nitrogen and oxygen atoms in total. The number of halogens is 1. The van der Waals surface area contributed by atoms with Crippen LogP contribution in [0.25, 0.3) is 11.3 Å². The molecular formula is C20H19ClN2O4S. The Morgan fingerprint density at radius 2 is 1.79 bits per heavy atom. The lowest BCUT2D eigenvalue weighted by Gasteiger charge is -2.17. The van der Waals surface area contributed by atoms with Gasteiger partial charge in [0, 0.05) is 23.2 Å². The topological polar surface area (TPSA) is 93.6 Å². The first-order valence-electron chi connectivity index (χ1n) is 8.40. The summed E-state index contributed by atoms with van der Waals surface area (Å²) in [5, 5.41) is 0.620. The maximum atomic E-state index is 12.9. The van der Waals surface area contributed by atoms with Gasteiger partial charge in [0.15, 0.2) is 0 Å². The van der Waals surface area contributed by atoms with Gasteiger partial charge in [-0.05, 0) is 61.0 Å². The third-order valence-corrected chi connectivity index (χ3v) is 6.40. The molecule has 0 aliphatic rings. The van der Waals surface area contributed by atoms with Gasteiger partial charge >= 0.3 is 0 Å². The van der Waals surface area contributed by atoms with Crippen LogP contribution in [-0.4, -0.2) is 25.7 Å². The van der Waals surface area contributed by atoms with Crippen LogP contribution in [0, 0.1) is 6.92 Å². The minimum Gasteiger partial charge on any atom is -0.460 e. The second-order valence-corrected chi connectivity index (χ2v) is 8.86. The van der Waals surface area contributed by atoms with Gasteiger partial charge in [-0.2, -0.15) is 4.31 Å². The highest BCUT2D eigenvalue weighted by molar-refractivity contribution is 7.89. The van der Waals surface area contributed by atoms with E-state index in [1.54, 1.807) is 37.3 Å². The Labute approximate surface area is 168 Å². The van der Waals surface area contributed by atoms with Crippen LogP contribution in [0.2, 0.25) is 5.02 Å². The number of primary amides is 1. The van der Waals surface area contributed by atoms with Gasteiger partial charge in [0.2, 0.25) is 15.9 Å². The zero-order chi connectivity index (χ0) is 20.5. The molecule has 0 bridgehead atoms. The zero-order valence-corrected chi connectivity index (χ0v) is 16.9. The molecule has 0 radical (unpaired) electrons. The van der Waals surface area contributed by atoms with Crippen molar-refractivity contribution < 1.29 is 17.6 Å². The number of nitrogens with zero attached hydrogens (tertiary/aromatic N) is 1. The van der Waals surface area contributed by atoms with E-state index in [0.29, 0.717) is 22.1 Å². The van der Waals surface area contributed by atoms with Crippen LogP contribution in [0.1, 0.15) is 21.7 Å². The van der Waals surface area contributed by atoms with Crippen molar-refractivity contribution in [2.24, 2.45) is 5.73 Å². The lowest BCUT2D eigenvalue weighted by molar-refractivity contribution is 0.0999. The average Bonchev–Trinajstić information content (AvgIpc) is 3.10. The number of carbonyl (C=O) groups excluding carboxylic acids is 1. The van der Waals surface area contributed by atoms with Gasteiger partial charge in [0.05, 0.1) is 11.4 Å². The predicted molar refractivity (Wildman–Crippen MR) is 108 cm³/mol. The molecule has 0 spiro atoms. The summed E-state index contributed by atoms with van der Waals surface area (Å²) in [5.41, 5.74) is 6.96. The van der Waals surface area contributed by atoms with Crippen molar-refractivity contribution in [1.82, 2.24) is 4.31 Å². The number of hydrogen-bond donors (Lipinski definition) is 1. The van der Waals surface area contributed by atoms with Crippen LogP contribution in [0.5, 0.6) is 0 Å². The second-order valence-electron chi connectivity index (χ2n) is 6.37. The van der Waals surface area contributed by atoms with Crippen LogP contribution >= 0.6 is 11.6 Å². The maximum Gasteiger partial charge on any atom is 0.249 e. The normalized spacial score (nSPS) is 11.7. The van der Waals surface area contributed by atoms with Gasteiger partial charge in [-0.3, -0.25) is 4.79 Å². The Morgan fingerprint density at radius 3 is 2.43 bits per heavy atom. The first-order valence-corrected chi connectivity index (χ1v) is 10.2. The van der Waals surface area contributed by atoms with E-state index in [1.807, 2.05) is 12.1 Å². The van der Waals surface area contributed by atoms with Crippen molar-refractivity contribution in [2.75, 3.05) is 7.05 Å². The predicted octanol–water partition coefficient (Wildman–Crippen LogP) is 3.83. The summed E-state index contributed by atoms with van der Waals surface area (Å²) in [6, 6.07) is 15.0. The van der Waals surface area contributed by atoms with E-state index in [0.717, 1.165) is 9.87 Å². The third kappa shape index (κ3) is 4.11. The summed E-state index contributed by atoms with van der Waals surface area (Å²) in [4.78, 5) is 11.5. The van der Waals surface area contributed by atoms with Crippen molar-refractivity contribution in [3.8, 4) is 11.3 Å². The molecular weight excluding hydrogens is 400 g/mol. The number of nitrogens with two attached hydrogens (primary N) is 1. The van der Waals surface area contributed by atoms with Crippen LogP contribution < -0.4 is 5.73 Å². The summed E-state index contributed by atoms with van der Waals surface area (Å²) in [6.45, 7) is 1.73. The number of sulfonamides is 1. The van der Waals surface area contributed by atoms with E-state index in [2.05, 4.69) is 0 Å². The van der Waals surface area contributed by atoms with Crippen LogP contribution in [0.4, 0.5) is 0 Å². The van der Waals surface area contributed by atoms with Gasteiger partial charge in [-0.15, -0.1) is 0 Å². The van der Waals surface area contributed by atoms with Crippen LogP contribution in [0.3, 0.4) is 0 Å². The Kier molecular flexibility index (Phi) is 5.60. The van der Waals surface area contributed by atoms with E-state index in [1.165, 1.54) is 19.2 Å². The standard InChI is InChI=1S/C20H19ClN2O4S/c1-13-3-9-17(11-18(13)20(22)24)28(25,26)23(2)12-16-8-10-19(27-16)14-4-6-15(21)7-5-14/h3-11H,12H2,1-2H3,(H2,22,24). The minimum absolute atomic E-state index is 0.00104. The molecule has 3 aromatic rings. The van der Waals surface area contributed by atoms with Crippen molar-refractivity contribution in [3.63, 3.8) is 0 Å². The molecule has 2 N–H and O–H groups in total. The quantitative estimate of drug-likeness (QED) is 0.658. The summed E-state index contributed by atoms with van der Waals surface area (Å²) in [5.74, 6) is 0.429. The molecule has 2 aromatic carbocycles. The molecule has 0 aliphatic carbocycles. The summed E-state index contributed by atoms with van der Waals surface area (Å²) in [6.07, 6.45) is 0. The Balaban J connectivity index is 1.82. The lowest BCUT2D eigenvalue weighted by atomic mass is 10.1. The van der Waals surface area contributed by atoms with Gasteiger partial charge in [-0.25, -0.2) is 8.42 Å². The SMILES string of the molecule is Cc1ccc(S(=O)(=O)N(C)Cc2ccc(-c3ccc(Cl)cc3)o2)cc1C(N)=O. The lowest BCUT2D eigenvalue weighted by Crippen LogP contribution is -2.27. The average molecular weight is 419 g/mol. The molecule has 1 amide bonds. The van der Waals surface area contributed by atoms with Crippen LogP contribution in [-0.2, 0) is 16.6 Å². The molecule has 28 heavy (non-hydrogen) atoms. The Bertz CT molecular complexity index is 1120. The molecule has 0 fully saturated rings. The van der Waals surface area contributed by atoms with E-state index in [9.17, 15) is 13.2 Å². The number of carbonyl (C=O) groups is 1. The number of aryl methyl sites for hydroxylation is 1. The molecule has 8 heteroatoms. The number of furan rings is 1. The third-order valence-electron chi connectivity index (χ3n) is 4.35. The van der Waals surface area contributed by atoms with Crippen LogP contribution in [0.15, 0.2) is 63.9 Å². The van der Waals surface area contributed by atoms with Crippen molar-refractivity contribution in [2.45, 2.75) is 18.4 Å². The monoisotopic (exact) mass is 418 g/mol. The number of hydrogen-bond acceptors (Lipinski definition) is 4. The molecule has 146 valence electrons. The highest BCUT2D eigenvalue weighted by atomic mass is 35.5. The maximum absolute atomic E-state index is 12.9. The molecule has 1 heterocycles. The van der Waals surface area contributed by atoms with Crippen molar-refractivity contribution in [1.29, 1.82) is 0 Å². The van der Waals surface area contributed by atoms with E-state index in [-0.39, 0.29) is 17.0 Å². The van der Waals surface area contributed by atoms with Crippen molar-refractivity contribution in [3.05, 3.63) is 76.5 Å². The van der Waals surface area contributed by atoms with Gasteiger partial charge in [0.25, 0.3) is 0 Å². The second kappa shape index (κ2) is 7.79. The van der Waals surface area contributed by atoms with Gasteiger partial charge < -0.3 is 10.2 Å². The van der Waals surface area contributed by atoms with E-state index >= 15 is 0 Å². The summed E-state index contributed by atoms with van der Waals surface area (Å²) in [7, 11) is -2.37. The first kappa shape index (κ1) is 20.1. The largest absolute Gasteiger partial charge is 0.460 e. The first-order chi connectivity index (χ1) is 13.2. The molecule has 1 aromatic heterocycles. The summed E-state index contributed by atoms with van der Waals surface area (Å²) >= 11 is 5.89. The molecule has 3 rings (SSSR count). The number of amides is 1. The number of benzene rings is 2. The fourth-order valence-electron chi connectivity index (χ4n) is 2.74. The van der Waals surface area contributed by atoms with Crippen molar-refractivity contribution >= 4 is 27.5 Å². The minimum atomic E-state index is -3.82. The Morgan fingerprint density at radius 1 is 1.11 bits per heavy atom. The smallest absolute Gasteiger partial charge is 0.249 e. The Hall–Kier alpha value is -2.61. The molecule has 0 atom stereocenters. The fourth-order valence-corrected chi connectivity index (χ4v) is 4.03. The highest BCUT2D eigenvalue weighted by Crippen LogP contribution is 2.26. The zero-order valence-electron chi connectivity index (χ0n) is 15.3. The molecule has 0 saturated heterocycles.